The molecule has 0 spiro atoms. The SMILES string of the molecule is COc1cccc2sc([C@H]3CCN(C[C@H](O)COc4cccc5c4OC(C)(C)C5)[C@H](C)C3)cc12. The minimum absolute atomic E-state index is 0.209. The lowest BCUT2D eigenvalue weighted by Crippen LogP contribution is -2.45. The van der Waals surface area contributed by atoms with Gasteiger partial charge in [-0.3, -0.25) is 4.90 Å². The van der Waals surface area contributed by atoms with E-state index < -0.39 is 6.10 Å². The summed E-state index contributed by atoms with van der Waals surface area (Å²) in [6, 6.07) is 15.0. The molecule has 6 heteroatoms. The fraction of sp³-hybridized carbons (Fsp3) is 0.500. The number of aliphatic hydroxyl groups is 1. The molecule has 34 heavy (non-hydrogen) atoms. The van der Waals surface area contributed by atoms with Crippen LogP contribution in [0, 0.1) is 0 Å². The summed E-state index contributed by atoms with van der Waals surface area (Å²) in [6.07, 6.45) is 2.53. The average molecular weight is 482 g/mol. The smallest absolute Gasteiger partial charge is 0.165 e. The molecule has 2 aliphatic heterocycles. The van der Waals surface area contributed by atoms with E-state index in [1.807, 2.05) is 29.5 Å². The molecule has 1 aromatic heterocycles. The van der Waals surface area contributed by atoms with E-state index in [2.05, 4.69) is 49.9 Å². The summed E-state index contributed by atoms with van der Waals surface area (Å²) in [6.45, 7) is 8.32. The number of rotatable bonds is 7. The second-order valence-electron chi connectivity index (χ2n) is 10.3. The first-order chi connectivity index (χ1) is 16.3. The van der Waals surface area contributed by atoms with E-state index in [-0.39, 0.29) is 12.2 Å². The molecule has 1 N–H and O–H groups in total. The minimum Gasteiger partial charge on any atom is -0.496 e. The molecule has 0 saturated carbocycles. The molecule has 2 aromatic carbocycles. The summed E-state index contributed by atoms with van der Waals surface area (Å²) in [5.74, 6) is 3.06. The third-order valence-electron chi connectivity index (χ3n) is 7.11. The first-order valence-electron chi connectivity index (χ1n) is 12.3. The van der Waals surface area contributed by atoms with Crippen LogP contribution in [0.15, 0.2) is 42.5 Å². The van der Waals surface area contributed by atoms with E-state index in [0.29, 0.717) is 18.5 Å². The normalized spacial score (nSPS) is 22.9. The molecule has 0 aliphatic carbocycles. The molecule has 1 fully saturated rings. The van der Waals surface area contributed by atoms with Crippen molar-refractivity contribution in [3.63, 3.8) is 0 Å². The molecule has 2 aliphatic rings. The third-order valence-corrected chi connectivity index (χ3v) is 8.37. The van der Waals surface area contributed by atoms with E-state index in [0.717, 1.165) is 43.1 Å². The molecule has 3 heterocycles. The molecular formula is C28H35NO4S. The van der Waals surface area contributed by atoms with Crippen LogP contribution in [0.5, 0.6) is 17.2 Å². The number of nitrogens with zero attached hydrogens (tertiary/aromatic N) is 1. The zero-order valence-corrected chi connectivity index (χ0v) is 21.4. The number of hydrogen-bond donors (Lipinski definition) is 1. The Morgan fingerprint density at radius 1 is 1.21 bits per heavy atom. The van der Waals surface area contributed by atoms with Gasteiger partial charge >= 0.3 is 0 Å². The van der Waals surface area contributed by atoms with Crippen molar-refractivity contribution in [3.05, 3.63) is 52.9 Å². The Morgan fingerprint density at radius 2 is 2.00 bits per heavy atom. The second-order valence-corrected chi connectivity index (χ2v) is 11.4. The Labute approximate surface area is 206 Å². The van der Waals surface area contributed by atoms with Gasteiger partial charge in [-0.2, -0.15) is 0 Å². The third kappa shape index (κ3) is 4.77. The van der Waals surface area contributed by atoms with Crippen molar-refractivity contribution in [1.82, 2.24) is 4.90 Å². The number of aliphatic hydroxyl groups excluding tert-OH is 1. The fourth-order valence-electron chi connectivity index (χ4n) is 5.39. The molecule has 1 saturated heterocycles. The number of β-amino-alcohol motifs (C(OH)–C–C–N with tert-alkyl or cyclic N) is 1. The van der Waals surface area contributed by atoms with Gasteiger partial charge in [-0.15, -0.1) is 11.3 Å². The predicted octanol–water partition coefficient (Wildman–Crippen LogP) is 5.63. The molecule has 3 aromatic rings. The van der Waals surface area contributed by atoms with E-state index in [1.165, 1.54) is 20.5 Å². The second kappa shape index (κ2) is 9.40. The fourth-order valence-corrected chi connectivity index (χ4v) is 6.62. The van der Waals surface area contributed by atoms with Crippen LogP contribution < -0.4 is 14.2 Å². The van der Waals surface area contributed by atoms with Crippen LogP contribution in [0.4, 0.5) is 0 Å². The van der Waals surface area contributed by atoms with Crippen LogP contribution in [0.1, 0.15) is 50.0 Å². The zero-order valence-electron chi connectivity index (χ0n) is 20.5. The maximum atomic E-state index is 10.7. The number of methoxy groups -OCH3 is 1. The highest BCUT2D eigenvalue weighted by Crippen LogP contribution is 2.42. The Hall–Kier alpha value is -2.28. The van der Waals surface area contributed by atoms with Gasteiger partial charge < -0.3 is 19.3 Å². The standard InChI is InChI=1S/C28H35NO4S/c1-18-13-19(26-14-22-23(31-4)8-6-10-25(22)34-26)11-12-29(18)16-21(30)17-32-24-9-5-7-20-15-28(2,3)33-27(20)24/h5-10,14,18-19,21,30H,11-13,15-17H2,1-4H3/t18-,19+,21+/m1/s1. The van der Waals surface area contributed by atoms with E-state index in [9.17, 15) is 5.11 Å². The highest BCUT2D eigenvalue weighted by atomic mass is 32.1. The number of benzene rings is 2. The van der Waals surface area contributed by atoms with Gasteiger partial charge in [0, 0.05) is 39.5 Å². The molecule has 3 atom stereocenters. The van der Waals surface area contributed by atoms with Gasteiger partial charge in [0.2, 0.25) is 0 Å². The van der Waals surface area contributed by atoms with E-state index >= 15 is 0 Å². The van der Waals surface area contributed by atoms with Crippen molar-refractivity contribution in [3.8, 4) is 17.2 Å². The zero-order chi connectivity index (χ0) is 23.9. The average Bonchev–Trinajstić information content (AvgIpc) is 3.38. The van der Waals surface area contributed by atoms with Crippen LogP contribution >= 0.6 is 11.3 Å². The monoisotopic (exact) mass is 481 g/mol. The number of piperidine rings is 1. The number of hydrogen-bond acceptors (Lipinski definition) is 6. The Morgan fingerprint density at radius 3 is 2.79 bits per heavy atom. The van der Waals surface area contributed by atoms with Crippen molar-refractivity contribution in [2.45, 2.75) is 63.7 Å². The first-order valence-corrected chi connectivity index (χ1v) is 13.1. The summed E-state index contributed by atoms with van der Waals surface area (Å²) >= 11 is 1.89. The number of ether oxygens (including phenoxy) is 3. The topological polar surface area (TPSA) is 51.2 Å². The molecule has 5 nitrogen and oxygen atoms in total. The van der Waals surface area contributed by atoms with E-state index in [1.54, 1.807) is 7.11 Å². The molecule has 0 bridgehead atoms. The highest BCUT2D eigenvalue weighted by Gasteiger charge is 2.33. The summed E-state index contributed by atoms with van der Waals surface area (Å²) in [5, 5.41) is 12.0. The Kier molecular flexibility index (Phi) is 6.49. The Bertz CT molecular complexity index is 1160. The van der Waals surface area contributed by atoms with Crippen LogP contribution in [0.3, 0.4) is 0 Å². The maximum Gasteiger partial charge on any atom is 0.165 e. The molecule has 5 rings (SSSR count). The van der Waals surface area contributed by atoms with Crippen molar-refractivity contribution in [1.29, 1.82) is 0 Å². The lowest BCUT2D eigenvalue weighted by molar-refractivity contribution is 0.0388. The lowest BCUT2D eigenvalue weighted by Gasteiger charge is -2.38. The van der Waals surface area contributed by atoms with Crippen molar-refractivity contribution in [2.75, 3.05) is 26.8 Å². The highest BCUT2D eigenvalue weighted by molar-refractivity contribution is 7.19. The largest absolute Gasteiger partial charge is 0.496 e. The van der Waals surface area contributed by atoms with E-state index in [4.69, 9.17) is 14.2 Å². The van der Waals surface area contributed by atoms with Gasteiger partial charge in [-0.05, 0) is 70.3 Å². The molecular weight excluding hydrogens is 446 g/mol. The summed E-state index contributed by atoms with van der Waals surface area (Å²) in [5.41, 5.74) is 0.964. The number of thiophene rings is 1. The minimum atomic E-state index is -0.544. The summed E-state index contributed by atoms with van der Waals surface area (Å²) < 4.78 is 18.9. The number of para-hydroxylation sites is 1. The summed E-state index contributed by atoms with van der Waals surface area (Å²) in [7, 11) is 1.74. The van der Waals surface area contributed by atoms with Gasteiger partial charge in [-0.25, -0.2) is 0 Å². The first kappa shape index (κ1) is 23.5. The van der Waals surface area contributed by atoms with Crippen LogP contribution in [0.25, 0.3) is 10.1 Å². The van der Waals surface area contributed by atoms with Gasteiger partial charge in [0.05, 0.1) is 7.11 Å². The molecule has 182 valence electrons. The van der Waals surface area contributed by atoms with Crippen LogP contribution in [-0.4, -0.2) is 54.6 Å². The Balaban J connectivity index is 1.16. The number of fused-ring (bicyclic) bond motifs is 2. The lowest BCUT2D eigenvalue weighted by atomic mass is 9.90. The number of likely N-dealkylation sites (tertiary alicyclic amines) is 1. The van der Waals surface area contributed by atoms with Crippen molar-refractivity contribution >= 4 is 21.4 Å². The predicted molar refractivity (Wildman–Crippen MR) is 138 cm³/mol. The maximum absolute atomic E-state index is 10.7. The van der Waals surface area contributed by atoms with Gasteiger partial charge in [0.25, 0.3) is 0 Å². The summed E-state index contributed by atoms with van der Waals surface area (Å²) in [4.78, 5) is 3.84. The van der Waals surface area contributed by atoms with Crippen LogP contribution in [-0.2, 0) is 6.42 Å². The molecule has 0 amide bonds. The van der Waals surface area contributed by atoms with Gasteiger partial charge in [0.1, 0.15) is 24.1 Å². The molecule has 0 unspecified atom stereocenters. The van der Waals surface area contributed by atoms with Crippen LogP contribution in [0.2, 0.25) is 0 Å². The molecule has 0 radical (unpaired) electrons. The van der Waals surface area contributed by atoms with Gasteiger partial charge in [-0.1, -0.05) is 18.2 Å². The van der Waals surface area contributed by atoms with Crippen molar-refractivity contribution < 1.29 is 19.3 Å². The van der Waals surface area contributed by atoms with Gasteiger partial charge in [0.15, 0.2) is 11.5 Å². The quantitative estimate of drug-likeness (QED) is 0.474. The van der Waals surface area contributed by atoms with Crippen molar-refractivity contribution in [2.24, 2.45) is 0 Å².